The summed E-state index contributed by atoms with van der Waals surface area (Å²) >= 11 is 5.86. The van der Waals surface area contributed by atoms with E-state index in [2.05, 4.69) is 14.9 Å². The molecule has 7 heteroatoms. The SMILES string of the molecule is O=C(CCC(=O)N1CCN(c2cc(-c3ccccc3)ncn2)CC1)c1ccc(Cl)cc1. The summed E-state index contributed by atoms with van der Waals surface area (Å²) in [5.41, 5.74) is 2.51. The maximum Gasteiger partial charge on any atom is 0.223 e. The largest absolute Gasteiger partial charge is 0.353 e. The van der Waals surface area contributed by atoms with Gasteiger partial charge in [-0.2, -0.15) is 0 Å². The molecule has 0 aliphatic carbocycles. The van der Waals surface area contributed by atoms with Crippen LogP contribution in [0.1, 0.15) is 23.2 Å². The number of carbonyl (C=O) groups excluding carboxylic acids is 2. The molecule has 0 unspecified atom stereocenters. The second kappa shape index (κ2) is 9.71. The van der Waals surface area contributed by atoms with Crippen LogP contribution in [0.15, 0.2) is 67.0 Å². The zero-order valence-corrected chi connectivity index (χ0v) is 17.8. The van der Waals surface area contributed by atoms with Gasteiger partial charge in [0.25, 0.3) is 0 Å². The molecule has 0 N–H and O–H groups in total. The topological polar surface area (TPSA) is 66.4 Å². The molecule has 0 spiro atoms. The Morgan fingerprint density at radius 2 is 1.58 bits per heavy atom. The van der Waals surface area contributed by atoms with Gasteiger partial charge >= 0.3 is 0 Å². The molecule has 2 heterocycles. The minimum atomic E-state index is -0.0434. The van der Waals surface area contributed by atoms with Crippen molar-refractivity contribution in [1.82, 2.24) is 14.9 Å². The number of amides is 1. The van der Waals surface area contributed by atoms with E-state index in [1.54, 1.807) is 30.6 Å². The van der Waals surface area contributed by atoms with Gasteiger partial charge in [0.05, 0.1) is 5.69 Å². The van der Waals surface area contributed by atoms with Gasteiger partial charge in [-0.15, -0.1) is 0 Å². The van der Waals surface area contributed by atoms with E-state index in [0.717, 1.165) is 17.1 Å². The first-order chi connectivity index (χ1) is 15.1. The predicted molar refractivity (Wildman–Crippen MR) is 121 cm³/mol. The van der Waals surface area contributed by atoms with Gasteiger partial charge in [0, 0.05) is 61.2 Å². The van der Waals surface area contributed by atoms with E-state index in [4.69, 9.17) is 11.6 Å². The van der Waals surface area contributed by atoms with Crippen molar-refractivity contribution in [3.63, 3.8) is 0 Å². The van der Waals surface area contributed by atoms with E-state index in [1.807, 2.05) is 41.3 Å². The van der Waals surface area contributed by atoms with Gasteiger partial charge in [-0.1, -0.05) is 41.9 Å². The Bertz CT molecular complexity index is 1050. The highest BCUT2D eigenvalue weighted by Gasteiger charge is 2.22. The molecule has 1 fully saturated rings. The predicted octanol–water partition coefficient (Wildman–Crippen LogP) is 4.11. The molecule has 3 aromatic rings. The van der Waals surface area contributed by atoms with Crippen LogP contribution in [0.25, 0.3) is 11.3 Å². The lowest BCUT2D eigenvalue weighted by atomic mass is 10.1. The zero-order chi connectivity index (χ0) is 21.6. The first kappa shape index (κ1) is 21.0. The number of aromatic nitrogens is 2. The maximum atomic E-state index is 12.6. The first-order valence-corrected chi connectivity index (χ1v) is 10.7. The second-order valence-corrected chi connectivity index (χ2v) is 7.86. The molecule has 1 amide bonds. The van der Waals surface area contributed by atoms with Crippen LogP contribution in [0.4, 0.5) is 5.82 Å². The molecule has 0 radical (unpaired) electrons. The summed E-state index contributed by atoms with van der Waals surface area (Å²) in [4.78, 5) is 37.7. The van der Waals surface area contributed by atoms with Crippen LogP contribution < -0.4 is 4.90 Å². The van der Waals surface area contributed by atoms with Crippen LogP contribution in [0.3, 0.4) is 0 Å². The molecule has 6 nitrogen and oxygen atoms in total. The highest BCUT2D eigenvalue weighted by molar-refractivity contribution is 6.30. The molecule has 4 rings (SSSR count). The van der Waals surface area contributed by atoms with Crippen molar-refractivity contribution in [3.8, 4) is 11.3 Å². The molecule has 1 aromatic heterocycles. The van der Waals surface area contributed by atoms with Crippen molar-refractivity contribution in [1.29, 1.82) is 0 Å². The second-order valence-electron chi connectivity index (χ2n) is 7.43. The van der Waals surface area contributed by atoms with Crippen LogP contribution in [0.5, 0.6) is 0 Å². The van der Waals surface area contributed by atoms with Gasteiger partial charge in [-0.05, 0) is 24.3 Å². The van der Waals surface area contributed by atoms with Crippen LogP contribution in [0, 0.1) is 0 Å². The third kappa shape index (κ3) is 5.27. The number of ketones is 1. The molecule has 158 valence electrons. The number of halogens is 1. The quantitative estimate of drug-likeness (QED) is 0.546. The highest BCUT2D eigenvalue weighted by atomic mass is 35.5. The fourth-order valence-corrected chi connectivity index (χ4v) is 3.76. The number of hydrogen-bond donors (Lipinski definition) is 0. The van der Waals surface area contributed by atoms with Crippen LogP contribution >= 0.6 is 11.6 Å². The van der Waals surface area contributed by atoms with E-state index in [1.165, 1.54) is 0 Å². The van der Waals surface area contributed by atoms with Gasteiger partial charge in [-0.25, -0.2) is 9.97 Å². The van der Waals surface area contributed by atoms with Crippen LogP contribution in [-0.2, 0) is 4.79 Å². The normalized spacial score (nSPS) is 13.8. The van der Waals surface area contributed by atoms with Gasteiger partial charge < -0.3 is 9.80 Å². The van der Waals surface area contributed by atoms with E-state index in [-0.39, 0.29) is 24.5 Å². The van der Waals surface area contributed by atoms with E-state index in [0.29, 0.717) is 36.8 Å². The number of benzene rings is 2. The molecule has 0 atom stereocenters. The first-order valence-electron chi connectivity index (χ1n) is 10.3. The number of nitrogens with zero attached hydrogens (tertiary/aromatic N) is 4. The fraction of sp³-hybridized carbons (Fsp3) is 0.250. The van der Waals surface area contributed by atoms with Gasteiger partial charge in [0.15, 0.2) is 5.78 Å². The molecule has 1 aliphatic rings. The molecule has 31 heavy (non-hydrogen) atoms. The molecule has 2 aromatic carbocycles. The smallest absolute Gasteiger partial charge is 0.223 e. The van der Waals surface area contributed by atoms with Crippen molar-refractivity contribution in [2.75, 3.05) is 31.1 Å². The van der Waals surface area contributed by atoms with Gasteiger partial charge in [0.1, 0.15) is 12.1 Å². The lowest BCUT2D eigenvalue weighted by molar-refractivity contribution is -0.131. The summed E-state index contributed by atoms with van der Waals surface area (Å²) < 4.78 is 0. The zero-order valence-electron chi connectivity index (χ0n) is 17.1. The van der Waals surface area contributed by atoms with Crippen molar-refractivity contribution in [2.45, 2.75) is 12.8 Å². The Balaban J connectivity index is 1.30. The Kier molecular flexibility index (Phi) is 6.57. The van der Waals surface area contributed by atoms with Crippen molar-refractivity contribution < 1.29 is 9.59 Å². The third-order valence-corrected chi connectivity index (χ3v) is 5.66. The average Bonchev–Trinajstić information content (AvgIpc) is 2.83. The summed E-state index contributed by atoms with van der Waals surface area (Å²) in [5, 5.41) is 0.588. The Morgan fingerprint density at radius 3 is 2.29 bits per heavy atom. The minimum absolute atomic E-state index is 0.00891. The summed E-state index contributed by atoms with van der Waals surface area (Å²) in [6, 6.07) is 18.7. The summed E-state index contributed by atoms with van der Waals surface area (Å²) in [6.07, 6.45) is 2.00. The number of Topliss-reactive ketones (excluding diaryl/α,β-unsaturated/α-hetero) is 1. The summed E-state index contributed by atoms with van der Waals surface area (Å²) in [6.45, 7) is 2.61. The molecular weight excluding hydrogens is 412 g/mol. The number of rotatable bonds is 6. The number of carbonyl (C=O) groups is 2. The molecule has 0 saturated carbocycles. The van der Waals surface area contributed by atoms with Gasteiger partial charge in [0.2, 0.25) is 5.91 Å². The lowest BCUT2D eigenvalue weighted by Gasteiger charge is -2.35. The Labute approximate surface area is 186 Å². The van der Waals surface area contributed by atoms with Crippen molar-refractivity contribution in [3.05, 3.63) is 77.6 Å². The van der Waals surface area contributed by atoms with Crippen LogP contribution in [-0.4, -0.2) is 52.7 Å². The monoisotopic (exact) mass is 434 g/mol. The molecule has 1 aliphatic heterocycles. The lowest BCUT2D eigenvalue weighted by Crippen LogP contribution is -2.49. The van der Waals surface area contributed by atoms with E-state index >= 15 is 0 Å². The number of hydrogen-bond acceptors (Lipinski definition) is 5. The van der Waals surface area contributed by atoms with E-state index in [9.17, 15) is 9.59 Å². The fourth-order valence-electron chi connectivity index (χ4n) is 3.63. The minimum Gasteiger partial charge on any atom is -0.353 e. The van der Waals surface area contributed by atoms with Crippen molar-refractivity contribution in [2.24, 2.45) is 0 Å². The Hall–Kier alpha value is -3.25. The molecule has 1 saturated heterocycles. The highest BCUT2D eigenvalue weighted by Crippen LogP contribution is 2.21. The maximum absolute atomic E-state index is 12.6. The number of piperazine rings is 1. The standard InChI is InChI=1S/C24H23ClN4O2/c25-20-8-6-19(7-9-20)22(30)10-11-24(31)29-14-12-28(13-15-29)23-16-21(26-17-27-23)18-4-2-1-3-5-18/h1-9,16-17H,10-15H2. The summed E-state index contributed by atoms with van der Waals surface area (Å²) in [7, 11) is 0. The third-order valence-electron chi connectivity index (χ3n) is 5.41. The summed E-state index contributed by atoms with van der Waals surface area (Å²) in [5.74, 6) is 0.826. The van der Waals surface area contributed by atoms with E-state index < -0.39 is 0 Å². The van der Waals surface area contributed by atoms with Crippen molar-refractivity contribution >= 4 is 29.1 Å². The Morgan fingerprint density at radius 1 is 0.871 bits per heavy atom. The molecule has 0 bridgehead atoms. The number of anilines is 1. The average molecular weight is 435 g/mol. The van der Waals surface area contributed by atoms with Crippen LogP contribution in [0.2, 0.25) is 5.02 Å². The molecular formula is C24H23ClN4O2. The van der Waals surface area contributed by atoms with Gasteiger partial charge in [-0.3, -0.25) is 9.59 Å².